The van der Waals surface area contributed by atoms with Gasteiger partial charge < -0.3 is 10.1 Å². The summed E-state index contributed by atoms with van der Waals surface area (Å²) >= 11 is 0. The monoisotopic (exact) mass is 264 g/mol. The first-order chi connectivity index (χ1) is 7.97. The fourth-order valence-corrected chi connectivity index (χ4v) is 2.30. The van der Waals surface area contributed by atoms with E-state index < -0.39 is 10.0 Å². The van der Waals surface area contributed by atoms with Crippen LogP contribution in [0.25, 0.3) is 0 Å². The summed E-state index contributed by atoms with van der Waals surface area (Å²) in [6.07, 6.45) is 3.80. The summed E-state index contributed by atoms with van der Waals surface area (Å²) in [6.45, 7) is 1.06. The van der Waals surface area contributed by atoms with Gasteiger partial charge in [-0.2, -0.15) is 0 Å². The Morgan fingerprint density at radius 1 is 1.41 bits per heavy atom. The molecule has 1 amide bonds. The molecular weight excluding hydrogens is 244 g/mol. The van der Waals surface area contributed by atoms with Gasteiger partial charge in [0, 0.05) is 13.2 Å². The number of hydrogen-bond acceptors (Lipinski definition) is 4. The lowest BCUT2D eigenvalue weighted by atomic mass is 10.1. The Labute approximate surface area is 102 Å². The van der Waals surface area contributed by atoms with Crippen LogP contribution in [-0.2, 0) is 19.6 Å². The summed E-state index contributed by atoms with van der Waals surface area (Å²) in [6, 6.07) is 0. The maximum atomic E-state index is 11.5. The average Bonchev–Trinajstić information content (AvgIpc) is 2.25. The molecule has 1 saturated heterocycles. The number of primary sulfonamides is 1. The van der Waals surface area contributed by atoms with Crippen molar-refractivity contribution < 1.29 is 17.9 Å². The molecule has 1 aliphatic rings. The Bertz CT molecular complexity index is 336. The van der Waals surface area contributed by atoms with E-state index in [4.69, 9.17) is 9.88 Å². The summed E-state index contributed by atoms with van der Waals surface area (Å²) in [4.78, 5) is 11.5. The fourth-order valence-electron chi connectivity index (χ4n) is 1.75. The van der Waals surface area contributed by atoms with E-state index in [-0.39, 0.29) is 17.8 Å². The van der Waals surface area contributed by atoms with E-state index in [1.807, 2.05) is 0 Å². The molecule has 0 aliphatic carbocycles. The highest BCUT2D eigenvalue weighted by atomic mass is 32.2. The lowest BCUT2D eigenvalue weighted by molar-refractivity contribution is -0.124. The molecule has 100 valence electrons. The summed E-state index contributed by atoms with van der Waals surface area (Å²) < 4.78 is 26.7. The highest BCUT2D eigenvalue weighted by Gasteiger charge is 2.17. The second-order valence-corrected chi connectivity index (χ2v) is 6.00. The average molecular weight is 264 g/mol. The molecule has 7 heteroatoms. The second kappa shape index (κ2) is 6.93. The normalized spacial score (nSPS) is 21.1. The van der Waals surface area contributed by atoms with Crippen molar-refractivity contribution in [3.8, 4) is 0 Å². The van der Waals surface area contributed by atoms with Crippen LogP contribution in [0.3, 0.4) is 0 Å². The van der Waals surface area contributed by atoms with Gasteiger partial charge >= 0.3 is 0 Å². The third-order valence-corrected chi connectivity index (χ3v) is 3.47. The molecule has 6 nitrogen and oxygen atoms in total. The predicted octanol–water partition coefficient (Wildman–Crippen LogP) is -0.260. The quantitative estimate of drug-likeness (QED) is 0.646. The predicted molar refractivity (Wildman–Crippen MR) is 63.8 cm³/mol. The molecule has 0 aromatic rings. The Hall–Kier alpha value is -0.660. The molecule has 0 spiro atoms. The van der Waals surface area contributed by atoms with Crippen LogP contribution in [0, 0.1) is 0 Å². The molecular formula is C10H20N2O4S. The number of nitrogens with two attached hydrogens (primary N) is 1. The summed E-state index contributed by atoms with van der Waals surface area (Å²) in [5.74, 6) is -0.195. The standard InChI is InChI=1S/C10H20N2O4S/c11-17(14,15)7-3-5-12-10(13)8-9-4-1-2-6-16-9/h9H,1-8H2,(H,12,13)(H2,11,14,15). The van der Waals surface area contributed by atoms with E-state index in [2.05, 4.69) is 5.32 Å². The van der Waals surface area contributed by atoms with Gasteiger partial charge in [0.05, 0.1) is 18.3 Å². The SMILES string of the molecule is NS(=O)(=O)CCCNC(=O)CC1CCCCO1. The lowest BCUT2D eigenvalue weighted by Gasteiger charge is -2.21. The van der Waals surface area contributed by atoms with Gasteiger partial charge in [0.2, 0.25) is 15.9 Å². The lowest BCUT2D eigenvalue weighted by Crippen LogP contribution is -2.32. The third-order valence-electron chi connectivity index (χ3n) is 2.61. The molecule has 1 atom stereocenters. The van der Waals surface area contributed by atoms with Crippen molar-refractivity contribution in [2.75, 3.05) is 18.9 Å². The number of nitrogens with one attached hydrogen (secondary N) is 1. The van der Waals surface area contributed by atoms with E-state index in [9.17, 15) is 13.2 Å². The smallest absolute Gasteiger partial charge is 0.222 e. The van der Waals surface area contributed by atoms with Gasteiger partial charge in [0.25, 0.3) is 0 Å². The maximum absolute atomic E-state index is 11.5. The molecule has 0 aromatic carbocycles. The minimum absolute atomic E-state index is 0.0157. The number of hydrogen-bond donors (Lipinski definition) is 2. The first-order valence-corrected chi connectivity index (χ1v) is 7.58. The van der Waals surface area contributed by atoms with E-state index in [0.29, 0.717) is 19.4 Å². The van der Waals surface area contributed by atoms with Crippen LogP contribution in [0.1, 0.15) is 32.1 Å². The van der Waals surface area contributed by atoms with Gasteiger partial charge in [-0.05, 0) is 25.7 Å². The highest BCUT2D eigenvalue weighted by molar-refractivity contribution is 7.89. The minimum Gasteiger partial charge on any atom is -0.378 e. The number of carbonyl (C=O) groups excluding carboxylic acids is 1. The number of rotatable bonds is 6. The molecule has 1 heterocycles. The Morgan fingerprint density at radius 2 is 2.18 bits per heavy atom. The van der Waals surface area contributed by atoms with Crippen molar-refractivity contribution in [1.82, 2.24) is 5.32 Å². The van der Waals surface area contributed by atoms with Crippen molar-refractivity contribution in [2.24, 2.45) is 5.14 Å². The van der Waals surface area contributed by atoms with Gasteiger partial charge in [-0.3, -0.25) is 4.79 Å². The van der Waals surface area contributed by atoms with Gasteiger partial charge in [0.1, 0.15) is 0 Å². The molecule has 1 rings (SSSR count). The number of sulfonamides is 1. The van der Waals surface area contributed by atoms with Crippen LogP contribution in [-0.4, -0.2) is 39.3 Å². The molecule has 3 N–H and O–H groups in total. The molecule has 17 heavy (non-hydrogen) atoms. The fraction of sp³-hybridized carbons (Fsp3) is 0.900. The first-order valence-electron chi connectivity index (χ1n) is 5.86. The van der Waals surface area contributed by atoms with E-state index in [0.717, 1.165) is 25.9 Å². The maximum Gasteiger partial charge on any atom is 0.222 e. The van der Waals surface area contributed by atoms with Gasteiger partial charge in [0.15, 0.2) is 0 Å². The zero-order valence-corrected chi connectivity index (χ0v) is 10.7. The molecule has 1 fully saturated rings. The van der Waals surface area contributed by atoms with Crippen molar-refractivity contribution in [2.45, 2.75) is 38.2 Å². The van der Waals surface area contributed by atoms with Crippen molar-refractivity contribution in [3.05, 3.63) is 0 Å². The molecule has 1 unspecified atom stereocenters. The topological polar surface area (TPSA) is 98.5 Å². The molecule has 0 saturated carbocycles. The van der Waals surface area contributed by atoms with Crippen LogP contribution < -0.4 is 10.5 Å². The molecule has 1 aliphatic heterocycles. The van der Waals surface area contributed by atoms with Crippen LogP contribution in [0.15, 0.2) is 0 Å². The van der Waals surface area contributed by atoms with E-state index in [1.165, 1.54) is 0 Å². The Morgan fingerprint density at radius 3 is 2.76 bits per heavy atom. The van der Waals surface area contributed by atoms with Crippen LogP contribution in [0.2, 0.25) is 0 Å². The zero-order chi connectivity index (χ0) is 12.7. The van der Waals surface area contributed by atoms with Gasteiger partial charge in [-0.1, -0.05) is 0 Å². The van der Waals surface area contributed by atoms with Crippen LogP contribution in [0.4, 0.5) is 0 Å². The number of carbonyl (C=O) groups is 1. The largest absolute Gasteiger partial charge is 0.378 e. The van der Waals surface area contributed by atoms with Gasteiger partial charge in [-0.15, -0.1) is 0 Å². The van der Waals surface area contributed by atoms with Gasteiger partial charge in [-0.25, -0.2) is 13.6 Å². The zero-order valence-electron chi connectivity index (χ0n) is 9.85. The molecule has 0 bridgehead atoms. The van der Waals surface area contributed by atoms with Crippen molar-refractivity contribution >= 4 is 15.9 Å². The van der Waals surface area contributed by atoms with Crippen LogP contribution >= 0.6 is 0 Å². The van der Waals surface area contributed by atoms with Crippen LogP contribution in [0.5, 0.6) is 0 Å². The molecule has 0 aromatic heterocycles. The first kappa shape index (κ1) is 14.4. The van der Waals surface area contributed by atoms with Crippen molar-refractivity contribution in [3.63, 3.8) is 0 Å². The third kappa shape index (κ3) is 7.30. The minimum atomic E-state index is -3.43. The second-order valence-electron chi connectivity index (χ2n) is 4.26. The summed E-state index contributed by atoms with van der Waals surface area (Å²) in [7, 11) is -3.43. The number of ether oxygens (including phenoxy) is 1. The Kier molecular flexibility index (Phi) is 5.87. The number of amides is 1. The highest BCUT2D eigenvalue weighted by Crippen LogP contribution is 2.15. The van der Waals surface area contributed by atoms with Crippen molar-refractivity contribution in [1.29, 1.82) is 0 Å². The summed E-state index contributed by atoms with van der Waals surface area (Å²) in [5, 5.41) is 7.50. The molecule has 0 radical (unpaired) electrons. The summed E-state index contributed by atoms with van der Waals surface area (Å²) in [5.41, 5.74) is 0. The van der Waals surface area contributed by atoms with E-state index in [1.54, 1.807) is 0 Å². The Balaban J connectivity index is 2.08. The van der Waals surface area contributed by atoms with E-state index >= 15 is 0 Å².